The highest BCUT2D eigenvalue weighted by atomic mass is 16.3. The van der Waals surface area contributed by atoms with Gasteiger partial charge in [-0.1, -0.05) is 6.92 Å². The minimum atomic E-state index is 0.0829. The molecule has 0 aliphatic carbocycles. The summed E-state index contributed by atoms with van der Waals surface area (Å²) >= 11 is 0. The third-order valence-corrected chi connectivity index (χ3v) is 3.21. The molecule has 3 heteroatoms. The van der Waals surface area contributed by atoms with Gasteiger partial charge in [0.15, 0.2) is 0 Å². The van der Waals surface area contributed by atoms with Gasteiger partial charge in [0.1, 0.15) is 5.82 Å². The molecule has 1 aliphatic heterocycles. The first-order valence-corrected chi connectivity index (χ1v) is 5.45. The van der Waals surface area contributed by atoms with Crippen LogP contribution >= 0.6 is 0 Å². The zero-order chi connectivity index (χ0) is 10.1. The van der Waals surface area contributed by atoms with Crippen molar-refractivity contribution in [3.05, 3.63) is 17.2 Å². The van der Waals surface area contributed by atoms with Crippen molar-refractivity contribution in [2.75, 3.05) is 0 Å². The second-order valence-corrected chi connectivity index (χ2v) is 4.03. The molecule has 0 bridgehead atoms. The smallest absolute Gasteiger partial charge is 0.106 e. The predicted molar refractivity (Wildman–Crippen MR) is 55.2 cm³/mol. The van der Waals surface area contributed by atoms with E-state index in [2.05, 4.69) is 16.5 Å². The summed E-state index contributed by atoms with van der Waals surface area (Å²) in [5.41, 5.74) is 2.16. The second kappa shape index (κ2) is 3.73. The van der Waals surface area contributed by atoms with E-state index in [0.29, 0.717) is 6.04 Å². The van der Waals surface area contributed by atoms with Crippen LogP contribution in [0.25, 0.3) is 0 Å². The molecule has 0 spiro atoms. The van der Waals surface area contributed by atoms with Crippen LogP contribution in [0.2, 0.25) is 0 Å². The van der Waals surface area contributed by atoms with E-state index in [0.717, 1.165) is 24.4 Å². The lowest BCUT2D eigenvalue weighted by atomic mass is 9.99. The number of aliphatic hydroxyl groups excluding tert-OH is 1. The number of nitrogens with zero attached hydrogens (tertiary/aromatic N) is 2. The van der Waals surface area contributed by atoms with Crippen LogP contribution in [-0.2, 0) is 13.0 Å². The summed E-state index contributed by atoms with van der Waals surface area (Å²) in [6.07, 6.45) is 4.73. The minimum absolute atomic E-state index is 0.0829. The van der Waals surface area contributed by atoms with Crippen LogP contribution < -0.4 is 0 Å². The van der Waals surface area contributed by atoms with Gasteiger partial charge in [0.25, 0.3) is 0 Å². The van der Waals surface area contributed by atoms with Gasteiger partial charge in [-0.25, -0.2) is 4.98 Å². The van der Waals surface area contributed by atoms with Gasteiger partial charge in [-0.15, -0.1) is 0 Å². The third kappa shape index (κ3) is 1.36. The highest BCUT2D eigenvalue weighted by molar-refractivity contribution is 5.19. The normalized spacial score (nSPS) is 20.9. The molecule has 1 atom stereocenters. The maximum atomic E-state index is 9.19. The molecule has 14 heavy (non-hydrogen) atoms. The molecular formula is C11H18N2O. The standard InChI is InChI=1S/C11H18N2O/c1-3-9-5-4-6-11-10(7-14)12-8(2)13(9)11/h9,14H,3-7H2,1-2H3. The van der Waals surface area contributed by atoms with E-state index in [-0.39, 0.29) is 6.61 Å². The number of hydrogen-bond donors (Lipinski definition) is 1. The lowest BCUT2D eigenvalue weighted by Gasteiger charge is -2.26. The Hall–Kier alpha value is -0.830. The molecule has 0 aromatic carbocycles. The van der Waals surface area contributed by atoms with Crippen LogP contribution in [0.15, 0.2) is 0 Å². The summed E-state index contributed by atoms with van der Waals surface area (Å²) in [5.74, 6) is 1.07. The number of rotatable bonds is 2. The summed E-state index contributed by atoms with van der Waals surface area (Å²) in [6.45, 7) is 4.34. The number of hydrogen-bond acceptors (Lipinski definition) is 2. The van der Waals surface area contributed by atoms with Crippen LogP contribution in [0, 0.1) is 6.92 Å². The molecule has 0 amide bonds. The van der Waals surface area contributed by atoms with Gasteiger partial charge in [0.05, 0.1) is 12.3 Å². The van der Waals surface area contributed by atoms with Crippen LogP contribution in [0.1, 0.15) is 49.4 Å². The van der Waals surface area contributed by atoms with E-state index in [1.807, 2.05) is 6.92 Å². The average molecular weight is 194 g/mol. The molecule has 1 aromatic rings. The zero-order valence-electron chi connectivity index (χ0n) is 8.95. The number of aryl methyl sites for hydroxylation is 1. The van der Waals surface area contributed by atoms with E-state index in [1.165, 1.54) is 18.5 Å². The fraction of sp³-hybridized carbons (Fsp3) is 0.727. The molecule has 2 rings (SSSR count). The molecule has 1 N–H and O–H groups in total. The molecule has 78 valence electrons. The van der Waals surface area contributed by atoms with Crippen molar-refractivity contribution in [2.45, 2.75) is 52.2 Å². The van der Waals surface area contributed by atoms with E-state index in [9.17, 15) is 5.11 Å². The average Bonchev–Trinajstić information content (AvgIpc) is 2.55. The van der Waals surface area contributed by atoms with Gasteiger partial charge in [-0.05, 0) is 32.6 Å². The van der Waals surface area contributed by atoms with Crippen molar-refractivity contribution < 1.29 is 5.11 Å². The number of aromatic nitrogens is 2. The number of imidazole rings is 1. The minimum Gasteiger partial charge on any atom is -0.390 e. The fourth-order valence-corrected chi connectivity index (χ4v) is 2.54. The van der Waals surface area contributed by atoms with Gasteiger partial charge < -0.3 is 9.67 Å². The van der Waals surface area contributed by atoms with E-state index < -0.39 is 0 Å². The molecule has 0 saturated heterocycles. The Labute approximate surface area is 84.8 Å². The second-order valence-electron chi connectivity index (χ2n) is 4.03. The summed E-state index contributed by atoms with van der Waals surface area (Å²) < 4.78 is 2.33. The van der Waals surface area contributed by atoms with Crippen LogP contribution in [0.4, 0.5) is 0 Å². The lowest BCUT2D eigenvalue weighted by molar-refractivity contribution is 0.274. The lowest BCUT2D eigenvalue weighted by Crippen LogP contribution is -2.18. The van der Waals surface area contributed by atoms with E-state index in [1.54, 1.807) is 0 Å². The summed E-state index contributed by atoms with van der Waals surface area (Å²) in [4.78, 5) is 4.42. The maximum Gasteiger partial charge on any atom is 0.106 e. The molecular weight excluding hydrogens is 176 g/mol. The highest BCUT2D eigenvalue weighted by Crippen LogP contribution is 2.30. The zero-order valence-corrected chi connectivity index (χ0v) is 8.95. The van der Waals surface area contributed by atoms with Crippen LogP contribution in [0.5, 0.6) is 0 Å². The monoisotopic (exact) mass is 194 g/mol. The van der Waals surface area contributed by atoms with Crippen molar-refractivity contribution in [1.29, 1.82) is 0 Å². The van der Waals surface area contributed by atoms with E-state index >= 15 is 0 Å². The summed E-state index contributed by atoms with van der Waals surface area (Å²) in [5, 5.41) is 9.19. The summed E-state index contributed by atoms with van der Waals surface area (Å²) in [6, 6.07) is 0.603. The van der Waals surface area contributed by atoms with Crippen molar-refractivity contribution in [3.63, 3.8) is 0 Å². The first kappa shape index (κ1) is 9.71. The molecule has 1 aromatic heterocycles. The Morgan fingerprint density at radius 1 is 1.57 bits per heavy atom. The molecule has 0 radical (unpaired) electrons. The summed E-state index contributed by atoms with van der Waals surface area (Å²) in [7, 11) is 0. The van der Waals surface area contributed by atoms with Crippen molar-refractivity contribution in [3.8, 4) is 0 Å². The van der Waals surface area contributed by atoms with Gasteiger partial charge in [-0.2, -0.15) is 0 Å². The highest BCUT2D eigenvalue weighted by Gasteiger charge is 2.23. The Kier molecular flexibility index (Phi) is 2.59. The van der Waals surface area contributed by atoms with Crippen molar-refractivity contribution >= 4 is 0 Å². The molecule has 1 unspecified atom stereocenters. The van der Waals surface area contributed by atoms with Crippen LogP contribution in [-0.4, -0.2) is 14.7 Å². The first-order valence-electron chi connectivity index (χ1n) is 5.45. The number of aliphatic hydroxyl groups is 1. The third-order valence-electron chi connectivity index (χ3n) is 3.21. The fourth-order valence-electron chi connectivity index (χ4n) is 2.54. The molecule has 1 aliphatic rings. The first-order chi connectivity index (χ1) is 6.77. The van der Waals surface area contributed by atoms with Crippen molar-refractivity contribution in [2.24, 2.45) is 0 Å². The molecule has 2 heterocycles. The molecule has 0 fully saturated rings. The Morgan fingerprint density at radius 3 is 3.00 bits per heavy atom. The Bertz CT molecular complexity index is 330. The van der Waals surface area contributed by atoms with Gasteiger partial charge in [-0.3, -0.25) is 0 Å². The SMILES string of the molecule is CCC1CCCc2c(CO)nc(C)n21. The predicted octanol–water partition coefficient (Wildman–Crippen LogP) is 1.97. The Morgan fingerprint density at radius 2 is 2.36 bits per heavy atom. The Balaban J connectivity index is 2.46. The van der Waals surface area contributed by atoms with Gasteiger partial charge >= 0.3 is 0 Å². The molecule has 3 nitrogen and oxygen atoms in total. The van der Waals surface area contributed by atoms with Gasteiger partial charge in [0, 0.05) is 11.7 Å². The number of fused-ring (bicyclic) bond motifs is 1. The van der Waals surface area contributed by atoms with E-state index in [4.69, 9.17) is 0 Å². The largest absolute Gasteiger partial charge is 0.390 e. The van der Waals surface area contributed by atoms with Gasteiger partial charge in [0.2, 0.25) is 0 Å². The maximum absolute atomic E-state index is 9.19. The van der Waals surface area contributed by atoms with Crippen molar-refractivity contribution in [1.82, 2.24) is 9.55 Å². The van der Waals surface area contributed by atoms with Crippen LogP contribution in [0.3, 0.4) is 0 Å². The molecule has 0 saturated carbocycles. The topological polar surface area (TPSA) is 38.1 Å². The quantitative estimate of drug-likeness (QED) is 0.781.